The number of nitrogens with one attached hydrogen (secondary N) is 3. The summed E-state index contributed by atoms with van der Waals surface area (Å²) in [6.07, 6.45) is 2.17. The second kappa shape index (κ2) is 11.9. The van der Waals surface area contributed by atoms with Gasteiger partial charge in [0.2, 0.25) is 5.78 Å². The Morgan fingerprint density at radius 3 is 2.57 bits per heavy atom. The van der Waals surface area contributed by atoms with Crippen LogP contribution in [0.2, 0.25) is 0 Å². The van der Waals surface area contributed by atoms with Crippen LogP contribution < -0.4 is 26.6 Å². The molecule has 1 unspecified atom stereocenters. The molecule has 218 valence electrons. The second-order valence-corrected chi connectivity index (χ2v) is 12.3. The number of anilines is 4. The number of hydrogen-bond acceptors (Lipinski definition) is 7. The van der Waals surface area contributed by atoms with Gasteiger partial charge in [0.15, 0.2) is 5.84 Å². The Morgan fingerprint density at radius 2 is 1.88 bits per heavy atom. The highest BCUT2D eigenvalue weighted by molar-refractivity contribution is 6.45. The average molecular weight is 563 g/mol. The number of rotatable bonds is 6. The molecule has 2 heterocycles. The number of Topliss-reactive ketones (excluding diaryl/α,β-unsaturated/α-hetero) is 1. The van der Waals surface area contributed by atoms with E-state index in [1.54, 1.807) is 0 Å². The van der Waals surface area contributed by atoms with E-state index < -0.39 is 0 Å². The van der Waals surface area contributed by atoms with Crippen LogP contribution in [0.4, 0.5) is 22.7 Å². The van der Waals surface area contributed by atoms with Gasteiger partial charge in [0.1, 0.15) is 0 Å². The van der Waals surface area contributed by atoms with Gasteiger partial charge in [-0.15, -0.1) is 0 Å². The number of amidine groups is 1. The molecule has 2 aliphatic heterocycles. The number of aliphatic imine (C=N–C) groups is 1. The van der Waals surface area contributed by atoms with Crippen molar-refractivity contribution in [2.45, 2.75) is 52.5 Å². The Balaban J connectivity index is 1.32. The van der Waals surface area contributed by atoms with Crippen molar-refractivity contribution in [1.29, 1.82) is 0 Å². The summed E-state index contributed by atoms with van der Waals surface area (Å²) >= 11 is 0. The number of ketones is 1. The first-order valence-corrected chi connectivity index (χ1v) is 14.6. The zero-order valence-electron chi connectivity index (χ0n) is 25.3. The lowest BCUT2D eigenvalue weighted by atomic mass is 9.86. The molecule has 5 rings (SSSR count). The van der Waals surface area contributed by atoms with Crippen molar-refractivity contribution in [1.82, 2.24) is 5.32 Å². The summed E-state index contributed by atoms with van der Waals surface area (Å²) in [5.74, 6) is 0.257. The number of nitrogens with zero attached hydrogens (tertiary/aromatic N) is 2. The summed E-state index contributed by atoms with van der Waals surface area (Å²) in [6.45, 7) is 17.9. The number of nitrogens with two attached hydrogens (primary N) is 1. The maximum Gasteiger partial charge on any atom is 0.201 e. The summed E-state index contributed by atoms with van der Waals surface area (Å²) < 4.78 is 0. The Kier molecular flexibility index (Phi) is 8.23. The van der Waals surface area contributed by atoms with E-state index in [-0.39, 0.29) is 17.6 Å². The maximum atomic E-state index is 12.8. The zero-order chi connectivity index (χ0) is 30.0. The Bertz CT molecular complexity index is 1560. The molecule has 0 saturated carbocycles. The average Bonchev–Trinajstić information content (AvgIpc) is 2.95. The Labute approximate surface area is 249 Å². The van der Waals surface area contributed by atoms with E-state index in [0.717, 1.165) is 64.8 Å². The number of hydrogen-bond donors (Lipinski definition) is 4. The molecule has 0 bridgehead atoms. The topological polar surface area (TPSA) is 94.8 Å². The number of carbonyl (C=O) groups is 1. The van der Waals surface area contributed by atoms with Crippen LogP contribution in [0.1, 0.15) is 56.4 Å². The fraction of sp³-hybridized carbons (Fsp3) is 0.314. The zero-order valence-corrected chi connectivity index (χ0v) is 25.3. The van der Waals surface area contributed by atoms with Gasteiger partial charge in [-0.05, 0) is 60.2 Å². The smallest absolute Gasteiger partial charge is 0.201 e. The molecule has 3 aromatic rings. The molecule has 7 nitrogen and oxygen atoms in total. The number of allylic oxidation sites excluding steroid dienone is 1. The quantitative estimate of drug-likeness (QED) is 0.254. The fourth-order valence-electron chi connectivity index (χ4n) is 5.45. The van der Waals surface area contributed by atoms with Crippen LogP contribution in [0.3, 0.4) is 0 Å². The maximum absolute atomic E-state index is 12.8. The molecule has 1 fully saturated rings. The summed E-state index contributed by atoms with van der Waals surface area (Å²) in [5, 5.41) is 10.2. The van der Waals surface area contributed by atoms with Crippen molar-refractivity contribution in [3.05, 3.63) is 95.6 Å². The lowest BCUT2D eigenvalue weighted by molar-refractivity contribution is -0.112. The van der Waals surface area contributed by atoms with Gasteiger partial charge in [0.05, 0.1) is 17.1 Å². The fourth-order valence-corrected chi connectivity index (χ4v) is 5.45. The Hall–Kier alpha value is -4.36. The molecule has 3 aromatic carbocycles. The normalized spacial score (nSPS) is 17.4. The molecule has 42 heavy (non-hydrogen) atoms. The minimum atomic E-state index is -0.0589. The van der Waals surface area contributed by atoms with Crippen LogP contribution in [0.15, 0.2) is 78.3 Å². The molecule has 7 heteroatoms. The number of nitrogen functional groups attached to an aromatic ring is 1. The molecule has 1 atom stereocenters. The standard InChI is InChI=1S/C35H42N6O/c1-22-21-41(19-18-37-22)32-16-14-27(20-29(32)36)39-34-33(42)17-15-31(40-34)28-8-7-9-30(23(28)2)38-24(3)25-10-12-26(13-11-25)35(4,5)6/h7-16,20,22,37-38H,3,17-19,21,36H2,1-2,4-6H3,(H,39,40). The lowest BCUT2D eigenvalue weighted by Crippen LogP contribution is -2.49. The third-order valence-electron chi connectivity index (χ3n) is 7.97. The first-order chi connectivity index (χ1) is 20.0. The van der Waals surface area contributed by atoms with Crippen LogP contribution in [0, 0.1) is 6.92 Å². The largest absolute Gasteiger partial charge is 0.397 e. The monoisotopic (exact) mass is 562 g/mol. The molecular formula is C35H42N6O. The molecule has 0 spiro atoms. The predicted molar refractivity (Wildman–Crippen MR) is 178 cm³/mol. The van der Waals surface area contributed by atoms with E-state index in [4.69, 9.17) is 10.7 Å². The van der Waals surface area contributed by atoms with Crippen LogP contribution >= 0.6 is 0 Å². The van der Waals surface area contributed by atoms with Gasteiger partial charge in [-0.2, -0.15) is 0 Å². The van der Waals surface area contributed by atoms with Crippen molar-refractivity contribution in [3.8, 4) is 0 Å². The third kappa shape index (κ3) is 6.42. The van der Waals surface area contributed by atoms with Gasteiger partial charge in [0, 0.05) is 54.7 Å². The van der Waals surface area contributed by atoms with Crippen LogP contribution in [0.5, 0.6) is 0 Å². The Morgan fingerprint density at radius 1 is 1.12 bits per heavy atom. The van der Waals surface area contributed by atoms with E-state index in [1.165, 1.54) is 5.56 Å². The summed E-state index contributed by atoms with van der Waals surface area (Å²) in [5.41, 5.74) is 15.8. The number of piperazine rings is 1. The third-order valence-corrected chi connectivity index (χ3v) is 7.97. The molecule has 0 aromatic heterocycles. The van der Waals surface area contributed by atoms with Gasteiger partial charge < -0.3 is 26.6 Å². The first kappa shape index (κ1) is 29.1. The van der Waals surface area contributed by atoms with Gasteiger partial charge in [-0.3, -0.25) is 4.79 Å². The predicted octanol–water partition coefficient (Wildman–Crippen LogP) is 6.58. The molecule has 0 amide bonds. The van der Waals surface area contributed by atoms with Gasteiger partial charge in [-0.25, -0.2) is 4.99 Å². The summed E-state index contributed by atoms with van der Waals surface area (Å²) in [7, 11) is 0. The van der Waals surface area contributed by atoms with E-state index in [1.807, 2.05) is 42.5 Å². The highest BCUT2D eigenvalue weighted by Crippen LogP contribution is 2.32. The van der Waals surface area contributed by atoms with Crippen LogP contribution in [-0.4, -0.2) is 37.3 Å². The minimum absolute atomic E-state index is 0.0589. The van der Waals surface area contributed by atoms with Crippen molar-refractivity contribution < 1.29 is 4.79 Å². The molecular weight excluding hydrogens is 520 g/mol. The van der Waals surface area contributed by atoms with Crippen LogP contribution in [-0.2, 0) is 10.2 Å². The van der Waals surface area contributed by atoms with Gasteiger partial charge in [-0.1, -0.05) is 69.8 Å². The number of benzene rings is 3. The SMILES string of the molecule is C=C(Nc1cccc(C2=CCC(=O)C(Nc3ccc(N4CCNC(C)C4)c(N)c3)=N2)c1C)c1ccc(C(C)(C)C)cc1. The first-order valence-electron chi connectivity index (χ1n) is 14.6. The van der Waals surface area contributed by atoms with E-state index >= 15 is 0 Å². The highest BCUT2D eigenvalue weighted by Gasteiger charge is 2.21. The van der Waals surface area contributed by atoms with E-state index in [9.17, 15) is 4.79 Å². The van der Waals surface area contributed by atoms with Crippen molar-refractivity contribution in [2.75, 3.05) is 40.9 Å². The van der Waals surface area contributed by atoms with Crippen molar-refractivity contribution in [3.63, 3.8) is 0 Å². The molecule has 2 aliphatic rings. The number of carbonyl (C=O) groups excluding carboxylic acids is 1. The molecule has 1 saturated heterocycles. The molecule has 0 radical (unpaired) electrons. The van der Waals surface area contributed by atoms with E-state index in [2.05, 4.69) is 86.3 Å². The summed E-state index contributed by atoms with van der Waals surface area (Å²) in [4.78, 5) is 19.9. The molecule has 5 N–H and O–H groups in total. The van der Waals surface area contributed by atoms with Crippen molar-refractivity contribution >= 4 is 45.8 Å². The van der Waals surface area contributed by atoms with Crippen molar-refractivity contribution in [2.24, 2.45) is 4.99 Å². The lowest BCUT2D eigenvalue weighted by Gasteiger charge is -2.34. The van der Waals surface area contributed by atoms with Gasteiger partial charge in [0.25, 0.3) is 0 Å². The van der Waals surface area contributed by atoms with Crippen LogP contribution in [0.25, 0.3) is 11.4 Å². The second-order valence-electron chi connectivity index (χ2n) is 12.3. The molecule has 0 aliphatic carbocycles. The highest BCUT2D eigenvalue weighted by atomic mass is 16.1. The summed E-state index contributed by atoms with van der Waals surface area (Å²) in [6, 6.07) is 20.9. The van der Waals surface area contributed by atoms with Gasteiger partial charge >= 0.3 is 0 Å². The minimum Gasteiger partial charge on any atom is -0.397 e. The van der Waals surface area contributed by atoms with E-state index in [0.29, 0.717) is 17.6 Å².